The molecule has 0 aromatic rings. The molecule has 2 unspecified atom stereocenters. The summed E-state index contributed by atoms with van der Waals surface area (Å²) in [5, 5.41) is 10.7. The molecule has 60 valence electrons. The number of nitrogens with one attached hydrogen (secondary N) is 1. The standard InChI is InChI=1S/C6H12ClNO2/c1-4(9)3-8-6(10)5(2)7/h4-5,9H,3H2,1-2H3,(H,8,10). The van der Waals surface area contributed by atoms with Crippen LogP contribution in [0.4, 0.5) is 0 Å². The van der Waals surface area contributed by atoms with E-state index in [1.807, 2.05) is 0 Å². The second-order valence-corrected chi connectivity index (χ2v) is 2.86. The van der Waals surface area contributed by atoms with Gasteiger partial charge in [-0.15, -0.1) is 11.6 Å². The van der Waals surface area contributed by atoms with Crippen molar-refractivity contribution < 1.29 is 9.90 Å². The van der Waals surface area contributed by atoms with E-state index in [1.54, 1.807) is 13.8 Å². The minimum absolute atomic E-state index is 0.248. The first-order valence-corrected chi connectivity index (χ1v) is 3.57. The molecule has 0 saturated carbocycles. The number of hydrogen-bond donors (Lipinski definition) is 2. The minimum Gasteiger partial charge on any atom is -0.392 e. The summed E-state index contributed by atoms with van der Waals surface area (Å²) in [7, 11) is 0. The fourth-order valence-electron chi connectivity index (χ4n) is 0.389. The summed E-state index contributed by atoms with van der Waals surface area (Å²) in [5.41, 5.74) is 0. The van der Waals surface area contributed by atoms with E-state index >= 15 is 0 Å². The molecule has 0 fully saturated rings. The second kappa shape index (κ2) is 4.52. The van der Waals surface area contributed by atoms with Gasteiger partial charge in [0.2, 0.25) is 5.91 Å². The van der Waals surface area contributed by atoms with E-state index in [2.05, 4.69) is 5.32 Å². The van der Waals surface area contributed by atoms with Crippen molar-refractivity contribution in [3.05, 3.63) is 0 Å². The number of aliphatic hydroxyl groups is 1. The topological polar surface area (TPSA) is 49.3 Å². The van der Waals surface area contributed by atoms with Crippen molar-refractivity contribution >= 4 is 17.5 Å². The molecule has 0 saturated heterocycles. The third-order valence-corrected chi connectivity index (χ3v) is 1.13. The molecule has 0 aromatic carbocycles. The van der Waals surface area contributed by atoms with Crippen LogP contribution in [0, 0.1) is 0 Å². The zero-order chi connectivity index (χ0) is 8.15. The zero-order valence-corrected chi connectivity index (χ0v) is 6.85. The van der Waals surface area contributed by atoms with E-state index in [0.717, 1.165) is 0 Å². The third kappa shape index (κ3) is 4.58. The molecule has 4 heteroatoms. The Morgan fingerprint density at radius 2 is 2.20 bits per heavy atom. The molecule has 1 amide bonds. The van der Waals surface area contributed by atoms with Crippen molar-refractivity contribution in [2.45, 2.75) is 25.3 Å². The number of hydrogen-bond acceptors (Lipinski definition) is 2. The van der Waals surface area contributed by atoms with Gasteiger partial charge in [0, 0.05) is 6.54 Å². The number of carbonyl (C=O) groups is 1. The summed E-state index contributed by atoms with van der Waals surface area (Å²) in [6.45, 7) is 3.44. The molecule has 0 aromatic heterocycles. The van der Waals surface area contributed by atoms with Crippen LogP contribution in [0.3, 0.4) is 0 Å². The molecule has 2 atom stereocenters. The van der Waals surface area contributed by atoms with Gasteiger partial charge >= 0.3 is 0 Å². The van der Waals surface area contributed by atoms with Gasteiger partial charge in [-0.25, -0.2) is 0 Å². The number of alkyl halides is 1. The van der Waals surface area contributed by atoms with Gasteiger partial charge in [0.25, 0.3) is 0 Å². The normalized spacial score (nSPS) is 16.0. The van der Waals surface area contributed by atoms with Gasteiger partial charge in [0.1, 0.15) is 5.38 Å². The van der Waals surface area contributed by atoms with Crippen LogP contribution >= 0.6 is 11.6 Å². The Labute approximate surface area is 65.4 Å². The van der Waals surface area contributed by atoms with Crippen LogP contribution < -0.4 is 5.32 Å². The van der Waals surface area contributed by atoms with Gasteiger partial charge < -0.3 is 10.4 Å². The van der Waals surface area contributed by atoms with Gasteiger partial charge in [-0.2, -0.15) is 0 Å². The summed E-state index contributed by atoms with van der Waals surface area (Å²) < 4.78 is 0. The Morgan fingerprint density at radius 3 is 2.50 bits per heavy atom. The van der Waals surface area contributed by atoms with Crippen molar-refractivity contribution in [1.29, 1.82) is 0 Å². The van der Waals surface area contributed by atoms with Crippen molar-refractivity contribution in [3.63, 3.8) is 0 Å². The Bertz CT molecular complexity index is 114. The number of aliphatic hydroxyl groups excluding tert-OH is 1. The molecule has 0 spiro atoms. The number of rotatable bonds is 3. The molecular formula is C6H12ClNO2. The first kappa shape index (κ1) is 9.72. The Balaban J connectivity index is 3.40. The molecule has 3 nitrogen and oxygen atoms in total. The van der Waals surface area contributed by atoms with E-state index in [-0.39, 0.29) is 12.5 Å². The summed E-state index contributed by atoms with van der Waals surface area (Å²) in [5.74, 6) is -0.248. The van der Waals surface area contributed by atoms with Crippen LogP contribution in [0.15, 0.2) is 0 Å². The lowest BCUT2D eigenvalue weighted by Gasteiger charge is -2.07. The predicted octanol–water partition coefficient (Wildman–Crippen LogP) is 0.111. The Morgan fingerprint density at radius 1 is 1.70 bits per heavy atom. The van der Waals surface area contributed by atoms with Crippen LogP contribution in [0.5, 0.6) is 0 Å². The maximum absolute atomic E-state index is 10.7. The molecule has 0 heterocycles. The predicted molar refractivity (Wildman–Crippen MR) is 40.0 cm³/mol. The summed E-state index contributed by atoms with van der Waals surface area (Å²) >= 11 is 5.42. The molecular weight excluding hydrogens is 154 g/mol. The number of amides is 1. The molecule has 0 rings (SSSR count). The first-order valence-electron chi connectivity index (χ1n) is 3.14. The maximum atomic E-state index is 10.7. The van der Waals surface area contributed by atoms with Crippen molar-refractivity contribution in [2.75, 3.05) is 6.54 Å². The molecule has 2 N–H and O–H groups in total. The van der Waals surface area contributed by atoms with Gasteiger partial charge in [-0.05, 0) is 13.8 Å². The van der Waals surface area contributed by atoms with E-state index in [0.29, 0.717) is 0 Å². The van der Waals surface area contributed by atoms with Gasteiger partial charge in [-0.1, -0.05) is 0 Å². The fourth-order valence-corrected chi connectivity index (χ4v) is 0.466. The smallest absolute Gasteiger partial charge is 0.237 e. The lowest BCUT2D eigenvalue weighted by Crippen LogP contribution is -2.34. The van der Waals surface area contributed by atoms with E-state index in [9.17, 15) is 4.79 Å². The highest BCUT2D eigenvalue weighted by Crippen LogP contribution is 1.91. The van der Waals surface area contributed by atoms with Crippen LogP contribution in [-0.4, -0.2) is 29.0 Å². The number of halogens is 1. The molecule has 0 aliphatic rings. The Hall–Kier alpha value is -0.280. The van der Waals surface area contributed by atoms with E-state index < -0.39 is 11.5 Å². The lowest BCUT2D eigenvalue weighted by atomic mass is 10.4. The second-order valence-electron chi connectivity index (χ2n) is 2.21. The van der Waals surface area contributed by atoms with Gasteiger partial charge in [0.15, 0.2) is 0 Å². The SMILES string of the molecule is CC(O)CNC(=O)C(C)Cl. The molecule has 0 aliphatic carbocycles. The summed E-state index contributed by atoms with van der Waals surface area (Å²) in [6, 6.07) is 0. The third-order valence-electron chi connectivity index (χ3n) is 0.933. The zero-order valence-electron chi connectivity index (χ0n) is 6.10. The van der Waals surface area contributed by atoms with Crippen LogP contribution in [0.25, 0.3) is 0 Å². The van der Waals surface area contributed by atoms with Gasteiger partial charge in [-0.3, -0.25) is 4.79 Å². The lowest BCUT2D eigenvalue weighted by molar-refractivity contribution is -0.120. The molecule has 10 heavy (non-hydrogen) atoms. The van der Waals surface area contributed by atoms with Crippen molar-refractivity contribution in [1.82, 2.24) is 5.32 Å². The first-order chi connectivity index (χ1) is 4.54. The minimum atomic E-state index is -0.529. The van der Waals surface area contributed by atoms with Crippen LogP contribution in [0.2, 0.25) is 0 Å². The van der Waals surface area contributed by atoms with Gasteiger partial charge in [0.05, 0.1) is 6.10 Å². The quantitative estimate of drug-likeness (QED) is 0.584. The highest BCUT2D eigenvalue weighted by Gasteiger charge is 2.08. The number of carbonyl (C=O) groups excluding carboxylic acids is 1. The average molecular weight is 166 g/mol. The largest absolute Gasteiger partial charge is 0.392 e. The highest BCUT2D eigenvalue weighted by molar-refractivity contribution is 6.30. The molecule has 0 bridgehead atoms. The highest BCUT2D eigenvalue weighted by atomic mass is 35.5. The van der Waals surface area contributed by atoms with Crippen molar-refractivity contribution in [2.24, 2.45) is 0 Å². The van der Waals surface area contributed by atoms with Crippen LogP contribution in [-0.2, 0) is 4.79 Å². The monoisotopic (exact) mass is 165 g/mol. The molecule has 0 aliphatic heterocycles. The summed E-state index contributed by atoms with van der Waals surface area (Å²) in [6.07, 6.45) is -0.514. The maximum Gasteiger partial charge on any atom is 0.237 e. The van der Waals surface area contributed by atoms with E-state index in [4.69, 9.17) is 16.7 Å². The average Bonchev–Trinajstić information content (AvgIpc) is 1.82. The summed E-state index contributed by atoms with van der Waals surface area (Å²) in [4.78, 5) is 10.7. The van der Waals surface area contributed by atoms with Crippen LogP contribution in [0.1, 0.15) is 13.8 Å². The van der Waals surface area contributed by atoms with Crippen molar-refractivity contribution in [3.8, 4) is 0 Å². The Kier molecular flexibility index (Phi) is 4.40. The fraction of sp³-hybridized carbons (Fsp3) is 0.833. The molecule has 0 radical (unpaired) electrons. The van der Waals surface area contributed by atoms with E-state index in [1.165, 1.54) is 0 Å².